The van der Waals surface area contributed by atoms with Gasteiger partial charge in [0, 0.05) is 57.2 Å². The lowest BCUT2D eigenvalue weighted by Gasteiger charge is -2.35. The van der Waals surface area contributed by atoms with E-state index in [1.165, 1.54) is 83.5 Å². The summed E-state index contributed by atoms with van der Waals surface area (Å²) in [5, 5.41) is 10.0. The van der Waals surface area contributed by atoms with Gasteiger partial charge in [-0.05, 0) is 121 Å². The molecule has 11 nitrogen and oxygen atoms in total. The van der Waals surface area contributed by atoms with Crippen molar-refractivity contribution < 1.29 is 43.2 Å². The summed E-state index contributed by atoms with van der Waals surface area (Å²) in [6.07, 6.45) is 35.5. The molecule has 0 aromatic rings. The quantitative estimate of drug-likeness (QED) is 0.0355. The zero-order chi connectivity index (χ0) is 52.7. The second-order valence-electron chi connectivity index (χ2n) is 22.5. The van der Waals surface area contributed by atoms with Crippen molar-refractivity contribution >= 4 is 23.9 Å². The summed E-state index contributed by atoms with van der Waals surface area (Å²) >= 11 is 0. The molecule has 1 saturated carbocycles. The highest BCUT2D eigenvalue weighted by Crippen LogP contribution is 2.31. The van der Waals surface area contributed by atoms with Gasteiger partial charge in [0.05, 0.1) is 33.0 Å². The van der Waals surface area contributed by atoms with Gasteiger partial charge in [0.1, 0.15) is 0 Å². The third-order valence-electron chi connectivity index (χ3n) is 15.0. The number of hydrogen-bond acceptors (Lipinski definition) is 11. The number of esters is 4. The highest BCUT2D eigenvalue weighted by molar-refractivity contribution is 5.70. The summed E-state index contributed by atoms with van der Waals surface area (Å²) in [7, 11) is 0. The van der Waals surface area contributed by atoms with Crippen molar-refractivity contribution in [2.24, 2.45) is 29.6 Å². The van der Waals surface area contributed by atoms with Crippen molar-refractivity contribution in [3.05, 3.63) is 0 Å². The molecule has 0 aliphatic heterocycles. The fraction of sp³-hybridized carbons (Fsp3) is 0.934. The minimum absolute atomic E-state index is 0.00570. The third-order valence-corrected chi connectivity index (χ3v) is 15.0. The SMILES string of the molecule is CCCCCCCC(=O)OCC(CCCCN(CCO)CC1CCC(CN(CCCCC(COC(=O)CCCCCCC)COC(=O)CCCCCCC)CCC(C)C)CC1)COC(=O)CCCCCCC. The van der Waals surface area contributed by atoms with Gasteiger partial charge in [-0.1, -0.05) is 157 Å². The maximum Gasteiger partial charge on any atom is 0.305 e. The van der Waals surface area contributed by atoms with Crippen LogP contribution in [0.5, 0.6) is 0 Å². The summed E-state index contributed by atoms with van der Waals surface area (Å²) in [5.41, 5.74) is 0. The fourth-order valence-corrected chi connectivity index (χ4v) is 10.1. The lowest BCUT2D eigenvalue weighted by Crippen LogP contribution is -2.37. The molecule has 0 amide bonds. The average Bonchev–Trinajstić information content (AvgIpc) is 3.36. The highest BCUT2D eigenvalue weighted by atomic mass is 16.6. The number of aliphatic hydroxyl groups is 1. The molecule has 1 N–H and O–H groups in total. The van der Waals surface area contributed by atoms with E-state index in [2.05, 4.69) is 51.3 Å². The molecule has 424 valence electrons. The third kappa shape index (κ3) is 41.1. The number of hydrogen-bond donors (Lipinski definition) is 1. The van der Waals surface area contributed by atoms with Crippen molar-refractivity contribution in [1.29, 1.82) is 0 Å². The van der Waals surface area contributed by atoms with Crippen molar-refractivity contribution in [3.8, 4) is 0 Å². The van der Waals surface area contributed by atoms with Crippen molar-refractivity contribution in [1.82, 2.24) is 9.80 Å². The van der Waals surface area contributed by atoms with Crippen LogP contribution in [0.4, 0.5) is 0 Å². The Hall–Kier alpha value is -2.24. The molecule has 0 unspecified atom stereocenters. The maximum atomic E-state index is 12.6. The predicted molar refractivity (Wildman–Crippen MR) is 297 cm³/mol. The Morgan fingerprint density at radius 2 is 0.708 bits per heavy atom. The molecular formula is C61H116N2O9. The molecular weight excluding hydrogens is 905 g/mol. The second-order valence-corrected chi connectivity index (χ2v) is 22.5. The zero-order valence-corrected chi connectivity index (χ0v) is 48.0. The number of aliphatic hydroxyl groups excluding tert-OH is 1. The minimum atomic E-state index is -0.147. The van der Waals surface area contributed by atoms with Crippen LogP contribution in [0.2, 0.25) is 0 Å². The normalized spacial score (nSPS) is 15.1. The molecule has 0 atom stereocenters. The van der Waals surface area contributed by atoms with Crippen LogP contribution in [-0.4, -0.2) is 111 Å². The van der Waals surface area contributed by atoms with E-state index in [9.17, 15) is 24.3 Å². The highest BCUT2D eigenvalue weighted by Gasteiger charge is 2.25. The van der Waals surface area contributed by atoms with Crippen molar-refractivity contribution in [2.75, 3.05) is 72.3 Å². The Kier molecular flexibility index (Phi) is 45.6. The van der Waals surface area contributed by atoms with Gasteiger partial charge in [0.15, 0.2) is 0 Å². The molecule has 72 heavy (non-hydrogen) atoms. The van der Waals surface area contributed by atoms with Crippen LogP contribution in [0.25, 0.3) is 0 Å². The smallest absolute Gasteiger partial charge is 0.305 e. The number of rotatable bonds is 51. The molecule has 0 saturated heterocycles. The van der Waals surface area contributed by atoms with Gasteiger partial charge in [-0.25, -0.2) is 0 Å². The summed E-state index contributed by atoms with van der Waals surface area (Å²) in [6.45, 7) is 20.7. The molecule has 1 aliphatic carbocycles. The molecule has 1 aliphatic rings. The Morgan fingerprint density at radius 1 is 0.403 bits per heavy atom. The van der Waals surface area contributed by atoms with E-state index >= 15 is 0 Å². The summed E-state index contributed by atoms with van der Waals surface area (Å²) in [6, 6.07) is 0. The van der Waals surface area contributed by atoms with E-state index in [0.717, 1.165) is 148 Å². The second kappa shape index (κ2) is 48.4. The molecule has 0 heterocycles. The Bertz CT molecular complexity index is 1210. The van der Waals surface area contributed by atoms with E-state index in [0.29, 0.717) is 76.4 Å². The average molecular weight is 1020 g/mol. The van der Waals surface area contributed by atoms with E-state index in [-0.39, 0.29) is 42.3 Å². The topological polar surface area (TPSA) is 132 Å². The largest absolute Gasteiger partial charge is 0.465 e. The summed E-state index contributed by atoms with van der Waals surface area (Å²) in [4.78, 5) is 55.6. The first-order chi connectivity index (χ1) is 35.0. The molecule has 1 fully saturated rings. The van der Waals surface area contributed by atoms with Crippen LogP contribution in [0, 0.1) is 29.6 Å². The molecule has 1 rings (SSSR count). The van der Waals surface area contributed by atoms with Gasteiger partial charge < -0.3 is 33.9 Å². The number of nitrogens with zero attached hydrogens (tertiary/aromatic N) is 2. The fourth-order valence-electron chi connectivity index (χ4n) is 10.1. The van der Waals surface area contributed by atoms with Crippen LogP contribution in [0.3, 0.4) is 0 Å². The molecule has 0 spiro atoms. The van der Waals surface area contributed by atoms with Crippen molar-refractivity contribution in [2.45, 2.75) is 266 Å². The van der Waals surface area contributed by atoms with Gasteiger partial charge in [0.2, 0.25) is 0 Å². The predicted octanol–water partition coefficient (Wildman–Crippen LogP) is 14.6. The number of ether oxygens (including phenoxy) is 4. The Labute approximate surface area is 443 Å². The van der Waals surface area contributed by atoms with Gasteiger partial charge in [-0.15, -0.1) is 0 Å². The molecule has 0 radical (unpaired) electrons. The molecule has 11 heteroatoms. The minimum Gasteiger partial charge on any atom is -0.465 e. The van der Waals surface area contributed by atoms with Crippen molar-refractivity contribution in [3.63, 3.8) is 0 Å². The Morgan fingerprint density at radius 3 is 1.00 bits per heavy atom. The van der Waals surface area contributed by atoms with Crippen LogP contribution in [-0.2, 0) is 38.1 Å². The number of unbranched alkanes of at least 4 members (excludes halogenated alkanes) is 18. The monoisotopic (exact) mass is 1020 g/mol. The van der Waals surface area contributed by atoms with Gasteiger partial charge >= 0.3 is 23.9 Å². The van der Waals surface area contributed by atoms with E-state index in [1.54, 1.807) is 0 Å². The molecule has 0 aromatic heterocycles. The maximum absolute atomic E-state index is 12.6. The first kappa shape index (κ1) is 67.8. The lowest BCUT2D eigenvalue weighted by molar-refractivity contribution is -0.151. The first-order valence-electron chi connectivity index (χ1n) is 30.7. The van der Waals surface area contributed by atoms with E-state index < -0.39 is 0 Å². The van der Waals surface area contributed by atoms with Crippen LogP contribution >= 0.6 is 0 Å². The van der Waals surface area contributed by atoms with Gasteiger partial charge in [-0.2, -0.15) is 0 Å². The van der Waals surface area contributed by atoms with Gasteiger partial charge in [0.25, 0.3) is 0 Å². The summed E-state index contributed by atoms with van der Waals surface area (Å²) < 4.78 is 23.0. The standard InChI is InChI=1S/C61H116N2O9/c1-7-11-15-19-23-33-58(65)69-49-56(50-70-59(66)34-24-20-16-12-8-2)31-27-29-42-62(44-41-53(5)6)47-54-37-39-55(40-38-54)48-63(45-46-64)43-30-28-32-57(51-71-60(67)35-25-21-17-13-9-3)52-72-61(68)36-26-22-18-14-10-4/h53-57,64H,7-52H2,1-6H3. The van der Waals surface area contributed by atoms with E-state index in [4.69, 9.17) is 18.9 Å². The number of carbonyl (C=O) groups excluding carboxylic acids is 4. The van der Waals surface area contributed by atoms with Crippen LogP contribution in [0.15, 0.2) is 0 Å². The Balaban J connectivity index is 2.68. The molecule has 0 aromatic carbocycles. The zero-order valence-electron chi connectivity index (χ0n) is 48.0. The number of carbonyl (C=O) groups is 4. The van der Waals surface area contributed by atoms with Gasteiger partial charge in [-0.3, -0.25) is 19.2 Å². The summed E-state index contributed by atoms with van der Waals surface area (Å²) in [5.74, 6) is 1.44. The van der Waals surface area contributed by atoms with Crippen LogP contribution in [0.1, 0.15) is 266 Å². The van der Waals surface area contributed by atoms with E-state index in [1.807, 2.05) is 0 Å². The van der Waals surface area contributed by atoms with Crippen LogP contribution < -0.4 is 0 Å². The lowest BCUT2D eigenvalue weighted by atomic mass is 9.81. The molecule has 0 bridgehead atoms. The first-order valence-corrected chi connectivity index (χ1v) is 30.7.